The van der Waals surface area contributed by atoms with Gasteiger partial charge in [0, 0.05) is 30.9 Å². The van der Waals surface area contributed by atoms with Gasteiger partial charge in [-0.1, -0.05) is 12.5 Å². The normalized spacial score (nSPS) is 18.8. The van der Waals surface area contributed by atoms with E-state index in [0.717, 1.165) is 37.4 Å². The van der Waals surface area contributed by atoms with Gasteiger partial charge in [-0.25, -0.2) is 0 Å². The minimum absolute atomic E-state index is 0.0362. The Bertz CT molecular complexity index is 1010. The van der Waals surface area contributed by atoms with Crippen molar-refractivity contribution in [3.8, 4) is 0 Å². The van der Waals surface area contributed by atoms with Crippen LogP contribution >= 0.6 is 0 Å². The topological polar surface area (TPSA) is 116 Å². The van der Waals surface area contributed by atoms with E-state index in [9.17, 15) is 4.79 Å². The first kappa shape index (κ1) is 23.6. The number of aromatic nitrogens is 1. The average molecular weight is 443 g/mol. The third-order valence-corrected chi connectivity index (χ3v) is 6.47. The van der Waals surface area contributed by atoms with Crippen LogP contribution < -0.4 is 26.2 Å². The Morgan fingerprint density at radius 1 is 1.25 bits per heavy atom. The number of halogens is 1. The van der Waals surface area contributed by atoms with Gasteiger partial charge in [0.15, 0.2) is 0 Å². The van der Waals surface area contributed by atoms with Crippen molar-refractivity contribution in [2.24, 2.45) is 5.73 Å². The molecule has 1 aromatic heterocycles. The summed E-state index contributed by atoms with van der Waals surface area (Å²) in [7, 11) is 7.59. The zero-order valence-electron chi connectivity index (χ0n) is 19.1. The van der Waals surface area contributed by atoms with Crippen LogP contribution in [-0.2, 0) is 0 Å². The molecule has 0 radical (unpaired) electrons. The number of quaternary nitrogens is 1. The summed E-state index contributed by atoms with van der Waals surface area (Å²) in [5, 5.41) is 17.3. The number of benzene rings is 1. The van der Waals surface area contributed by atoms with Crippen molar-refractivity contribution < 1.29 is 9.18 Å². The molecule has 9 heteroatoms. The number of carbonyl (C=O) groups excluding carboxylic acids is 1. The summed E-state index contributed by atoms with van der Waals surface area (Å²) in [5.74, 6) is -0.923. The number of hydrogen-bond donors (Lipinski definition) is 5. The number of carbonyl (C=O) groups is 1. The molecule has 1 aromatic carbocycles. The SMILES string of the molecule is CNc1cccc(Nc2nc([N+](C)(C)C3CCCCC3NC)c(F)cc2C(N)=O)c1C=N. The van der Waals surface area contributed by atoms with Gasteiger partial charge >= 0.3 is 0 Å². The Morgan fingerprint density at radius 3 is 2.56 bits per heavy atom. The first-order chi connectivity index (χ1) is 15.2. The Kier molecular flexibility index (Phi) is 7.10. The molecule has 1 heterocycles. The monoisotopic (exact) mass is 442 g/mol. The Balaban J connectivity index is 2.11. The fourth-order valence-corrected chi connectivity index (χ4v) is 4.72. The third kappa shape index (κ3) is 4.44. The summed E-state index contributed by atoms with van der Waals surface area (Å²) in [6, 6.07) is 6.96. The Labute approximate surface area is 188 Å². The molecule has 172 valence electrons. The number of amides is 1. The number of hydrogen-bond acceptors (Lipinski definition) is 6. The number of pyridine rings is 1. The molecule has 2 unspecified atom stereocenters. The second kappa shape index (κ2) is 9.62. The van der Waals surface area contributed by atoms with Crippen LogP contribution in [-0.4, -0.2) is 57.4 Å². The number of nitrogens with one attached hydrogen (secondary N) is 4. The van der Waals surface area contributed by atoms with E-state index in [1.807, 2.05) is 33.3 Å². The molecule has 0 aliphatic heterocycles. The maximum atomic E-state index is 15.3. The van der Waals surface area contributed by atoms with Crippen LogP contribution in [0.3, 0.4) is 0 Å². The number of nitrogens with two attached hydrogens (primary N) is 1. The van der Waals surface area contributed by atoms with Gasteiger partial charge in [0.2, 0.25) is 5.82 Å². The van der Waals surface area contributed by atoms with E-state index in [2.05, 4.69) is 20.9 Å². The maximum absolute atomic E-state index is 15.3. The van der Waals surface area contributed by atoms with Gasteiger partial charge in [0.1, 0.15) is 11.9 Å². The highest BCUT2D eigenvalue weighted by molar-refractivity contribution is 6.00. The Hall–Kier alpha value is -3.04. The summed E-state index contributed by atoms with van der Waals surface area (Å²) in [5.41, 5.74) is 7.41. The van der Waals surface area contributed by atoms with Gasteiger partial charge in [-0.15, -0.1) is 0 Å². The quantitative estimate of drug-likeness (QED) is 0.318. The highest BCUT2D eigenvalue weighted by atomic mass is 19.1. The summed E-state index contributed by atoms with van der Waals surface area (Å²) < 4.78 is 15.5. The zero-order chi connectivity index (χ0) is 23.5. The van der Waals surface area contributed by atoms with Crippen LogP contribution in [0.2, 0.25) is 0 Å². The number of primary amides is 1. The number of likely N-dealkylation sites (N-methyl/N-ethyl adjacent to an activating group) is 2. The lowest BCUT2D eigenvalue weighted by atomic mass is 9.88. The van der Waals surface area contributed by atoms with E-state index in [0.29, 0.717) is 11.3 Å². The smallest absolute Gasteiger partial charge is 0.265 e. The predicted molar refractivity (Wildman–Crippen MR) is 129 cm³/mol. The van der Waals surface area contributed by atoms with Crippen molar-refractivity contribution in [3.63, 3.8) is 0 Å². The molecule has 6 N–H and O–H groups in total. The Morgan fingerprint density at radius 2 is 1.94 bits per heavy atom. The van der Waals surface area contributed by atoms with Crippen molar-refractivity contribution in [3.05, 3.63) is 41.2 Å². The summed E-state index contributed by atoms with van der Waals surface area (Å²) in [6.07, 6.45) is 5.40. The molecule has 1 aliphatic carbocycles. The number of rotatable bonds is 8. The number of anilines is 3. The summed E-state index contributed by atoms with van der Waals surface area (Å²) in [4.78, 5) is 16.7. The molecule has 3 rings (SSSR count). The van der Waals surface area contributed by atoms with E-state index in [4.69, 9.17) is 11.1 Å². The molecule has 8 nitrogen and oxygen atoms in total. The highest BCUT2D eigenvalue weighted by Gasteiger charge is 2.41. The molecule has 2 aromatic rings. The van der Waals surface area contributed by atoms with Gasteiger partial charge in [-0.3, -0.25) is 9.28 Å². The molecule has 2 atom stereocenters. The van der Waals surface area contributed by atoms with E-state index in [1.54, 1.807) is 13.1 Å². The maximum Gasteiger partial charge on any atom is 0.265 e. The highest BCUT2D eigenvalue weighted by Crippen LogP contribution is 2.35. The van der Waals surface area contributed by atoms with Crippen molar-refractivity contribution in [2.45, 2.75) is 37.8 Å². The molecule has 0 bridgehead atoms. The second-order valence-electron chi connectivity index (χ2n) is 8.63. The lowest BCUT2D eigenvalue weighted by Gasteiger charge is -2.43. The summed E-state index contributed by atoms with van der Waals surface area (Å²) in [6.45, 7) is 0. The van der Waals surface area contributed by atoms with Crippen LogP contribution in [0.4, 0.5) is 27.4 Å². The molecule has 1 fully saturated rings. The van der Waals surface area contributed by atoms with Crippen molar-refractivity contribution >= 4 is 35.1 Å². The van der Waals surface area contributed by atoms with Crippen molar-refractivity contribution in [1.82, 2.24) is 14.8 Å². The van der Waals surface area contributed by atoms with Gasteiger partial charge in [0.25, 0.3) is 11.7 Å². The van der Waals surface area contributed by atoms with E-state index in [1.165, 1.54) is 6.21 Å². The van der Waals surface area contributed by atoms with Gasteiger partial charge < -0.3 is 27.1 Å². The fraction of sp³-hybridized carbons (Fsp3) is 0.435. The molecule has 1 aliphatic rings. The van der Waals surface area contributed by atoms with Crippen LogP contribution in [0.25, 0.3) is 0 Å². The minimum atomic E-state index is -0.775. The van der Waals surface area contributed by atoms with E-state index >= 15 is 4.39 Å². The standard InChI is InChI=1S/C23H32FN7O/c1-27-17-9-7-10-18(15(17)13-25)29-22-14(21(26)32)12-16(24)23(30-22)31(3,4)20-11-6-5-8-19(20)28-2/h7,9-10,12-13,19-20,28H,5-6,8,11H2,1-4H3,(H4-,25,26,27,29,30,32)/p+1. The van der Waals surface area contributed by atoms with Gasteiger partial charge in [-0.2, -0.15) is 9.37 Å². The van der Waals surface area contributed by atoms with Gasteiger partial charge in [0.05, 0.1) is 31.4 Å². The molecule has 1 saturated carbocycles. The first-order valence-electron chi connectivity index (χ1n) is 10.8. The average Bonchev–Trinajstić information content (AvgIpc) is 2.79. The largest absolute Gasteiger partial charge is 0.388 e. The molecule has 1 amide bonds. The summed E-state index contributed by atoms with van der Waals surface area (Å²) >= 11 is 0. The molecule has 0 saturated heterocycles. The fourth-order valence-electron chi connectivity index (χ4n) is 4.72. The minimum Gasteiger partial charge on any atom is -0.388 e. The van der Waals surface area contributed by atoms with E-state index in [-0.39, 0.29) is 33.8 Å². The molecule has 0 spiro atoms. The number of nitrogens with zero attached hydrogens (tertiary/aromatic N) is 2. The lowest BCUT2D eigenvalue weighted by molar-refractivity contribution is 0.1000. The molecular weight excluding hydrogens is 409 g/mol. The third-order valence-electron chi connectivity index (χ3n) is 6.47. The van der Waals surface area contributed by atoms with Crippen molar-refractivity contribution in [2.75, 3.05) is 38.8 Å². The van der Waals surface area contributed by atoms with Crippen LogP contribution in [0.15, 0.2) is 24.3 Å². The van der Waals surface area contributed by atoms with Crippen molar-refractivity contribution in [1.29, 1.82) is 5.41 Å². The lowest BCUT2D eigenvalue weighted by Crippen LogP contribution is -2.60. The second-order valence-corrected chi connectivity index (χ2v) is 8.63. The van der Waals surface area contributed by atoms with Gasteiger partial charge in [-0.05, 0) is 38.1 Å². The van der Waals surface area contributed by atoms with Crippen LogP contribution in [0.1, 0.15) is 41.6 Å². The van der Waals surface area contributed by atoms with E-state index < -0.39 is 11.7 Å². The molecule has 32 heavy (non-hydrogen) atoms. The zero-order valence-corrected chi connectivity index (χ0v) is 19.1. The first-order valence-corrected chi connectivity index (χ1v) is 10.8. The van der Waals surface area contributed by atoms with Crippen LogP contribution in [0, 0.1) is 11.2 Å². The van der Waals surface area contributed by atoms with Crippen LogP contribution in [0.5, 0.6) is 0 Å². The molecular formula is C23H33FN7O+. The predicted octanol–water partition coefficient (Wildman–Crippen LogP) is 3.20.